The van der Waals surface area contributed by atoms with Gasteiger partial charge >= 0.3 is 0 Å². The first-order valence-electron chi connectivity index (χ1n) is 11.9. The van der Waals surface area contributed by atoms with Crippen LogP contribution in [0.15, 0.2) is 70.4 Å². The van der Waals surface area contributed by atoms with Gasteiger partial charge in [0.1, 0.15) is 5.01 Å². The number of benzene rings is 2. The largest absolute Gasteiger partial charge is 0.326 e. The van der Waals surface area contributed by atoms with Gasteiger partial charge in [-0.15, -0.1) is 0 Å². The molecule has 0 unspecified atom stereocenters. The number of anilines is 1. The van der Waals surface area contributed by atoms with E-state index in [0.717, 1.165) is 10.6 Å². The fraction of sp³-hybridized carbons (Fsp3) is 0.280. The highest BCUT2D eigenvalue weighted by atomic mass is 32.2. The third kappa shape index (κ3) is 5.47. The molecule has 12 heteroatoms. The zero-order valence-electron chi connectivity index (χ0n) is 20.2. The molecule has 2 aromatic carbocycles. The van der Waals surface area contributed by atoms with Gasteiger partial charge in [0, 0.05) is 56.5 Å². The van der Waals surface area contributed by atoms with Crippen molar-refractivity contribution >= 4 is 37.9 Å². The molecule has 10 nitrogen and oxygen atoms in total. The van der Waals surface area contributed by atoms with Crippen LogP contribution in [0.1, 0.15) is 19.0 Å². The van der Waals surface area contributed by atoms with Crippen molar-refractivity contribution < 1.29 is 13.2 Å². The number of nitrogens with one attached hydrogen (secondary N) is 1. The first-order chi connectivity index (χ1) is 17.8. The predicted octanol–water partition coefficient (Wildman–Crippen LogP) is 2.67. The Morgan fingerprint density at radius 3 is 2.41 bits per heavy atom. The summed E-state index contributed by atoms with van der Waals surface area (Å²) in [6.45, 7) is 3.89. The molecule has 1 N–H and O–H groups in total. The summed E-state index contributed by atoms with van der Waals surface area (Å²) in [4.78, 5) is 31.7. The Morgan fingerprint density at radius 1 is 1.03 bits per heavy atom. The highest BCUT2D eigenvalue weighted by Crippen LogP contribution is 2.24. The number of hydrogen-bond donors (Lipinski definition) is 1. The number of sulfonamides is 1. The fourth-order valence-electron chi connectivity index (χ4n) is 4.10. The van der Waals surface area contributed by atoms with Crippen molar-refractivity contribution in [2.24, 2.45) is 0 Å². The molecule has 2 aromatic heterocycles. The van der Waals surface area contributed by atoms with Crippen LogP contribution in [0.25, 0.3) is 15.5 Å². The third-order valence-corrected chi connectivity index (χ3v) is 9.00. The smallest absolute Gasteiger partial charge is 0.275 e. The first kappa shape index (κ1) is 25.2. The molecule has 192 valence electrons. The summed E-state index contributed by atoms with van der Waals surface area (Å²) in [5.74, 6) is -0.130. The van der Waals surface area contributed by atoms with Crippen LogP contribution in [0.5, 0.6) is 0 Å². The van der Waals surface area contributed by atoms with Gasteiger partial charge in [-0.2, -0.15) is 13.9 Å². The van der Waals surface area contributed by atoms with Crippen LogP contribution in [0, 0.1) is 0 Å². The molecule has 1 aliphatic heterocycles. The summed E-state index contributed by atoms with van der Waals surface area (Å²) in [6, 6.07) is 17.4. The number of piperazine rings is 1. The summed E-state index contributed by atoms with van der Waals surface area (Å²) in [6.07, 6.45) is 0.349. The van der Waals surface area contributed by atoms with Crippen LogP contribution < -0.4 is 10.9 Å². The van der Waals surface area contributed by atoms with Crippen LogP contribution in [-0.2, 0) is 21.4 Å². The Labute approximate surface area is 218 Å². The Bertz CT molecular complexity index is 1580. The molecular formula is C25H26N6O4S2. The molecular weight excluding hydrogens is 512 g/mol. The first-order valence-corrected chi connectivity index (χ1v) is 14.2. The number of nitrogens with zero attached hydrogens (tertiary/aromatic N) is 5. The highest BCUT2D eigenvalue weighted by molar-refractivity contribution is 7.89. The minimum absolute atomic E-state index is 0.130. The summed E-state index contributed by atoms with van der Waals surface area (Å²) in [7, 11) is -3.65. The van der Waals surface area contributed by atoms with Gasteiger partial charge < -0.3 is 5.32 Å². The van der Waals surface area contributed by atoms with E-state index in [1.165, 1.54) is 38.4 Å². The van der Waals surface area contributed by atoms with Crippen molar-refractivity contribution in [2.75, 3.05) is 31.5 Å². The van der Waals surface area contributed by atoms with E-state index in [4.69, 9.17) is 0 Å². The van der Waals surface area contributed by atoms with Crippen LogP contribution in [0.4, 0.5) is 5.69 Å². The van der Waals surface area contributed by atoms with Crippen molar-refractivity contribution in [1.82, 2.24) is 23.8 Å². The van der Waals surface area contributed by atoms with E-state index >= 15 is 0 Å². The Kier molecular flexibility index (Phi) is 7.15. The van der Waals surface area contributed by atoms with Crippen LogP contribution in [0.3, 0.4) is 0 Å². The molecule has 4 aromatic rings. The Morgan fingerprint density at radius 2 is 1.73 bits per heavy atom. The number of rotatable bonds is 7. The topological polar surface area (TPSA) is 117 Å². The second-order valence-corrected chi connectivity index (χ2v) is 11.6. The number of amides is 1. The molecule has 1 aliphatic rings. The maximum Gasteiger partial charge on any atom is 0.275 e. The number of fused-ring (bicyclic) bond motifs is 1. The molecule has 0 bridgehead atoms. The van der Waals surface area contributed by atoms with Gasteiger partial charge in [-0.05, 0) is 24.3 Å². The molecule has 0 spiro atoms. The number of aromatic nitrogens is 3. The molecule has 1 amide bonds. The normalized spacial score (nSPS) is 15.2. The molecule has 0 aliphatic carbocycles. The molecule has 0 atom stereocenters. The van der Waals surface area contributed by atoms with Crippen LogP contribution in [0.2, 0.25) is 0 Å². The molecule has 3 heterocycles. The van der Waals surface area contributed by atoms with Crippen LogP contribution >= 0.6 is 11.3 Å². The lowest BCUT2D eigenvalue weighted by molar-refractivity contribution is -0.115. The standard InChI is InChI=1S/C25H26N6O4S2/c1-2-22(32)26-19-8-10-21(11-9-19)37(34,35)30-14-12-29(13-15-30)17-20-16-23(33)31-25(27-20)36-24(28-31)18-6-4-3-5-7-18/h3-11,16H,2,12-15,17H2,1H3,(H,26,32). The maximum absolute atomic E-state index is 13.1. The lowest BCUT2D eigenvalue weighted by Gasteiger charge is -2.33. The molecule has 5 rings (SSSR count). The van der Waals surface area contributed by atoms with Gasteiger partial charge in [0.25, 0.3) is 5.56 Å². The van der Waals surface area contributed by atoms with Gasteiger partial charge in [0.15, 0.2) is 0 Å². The summed E-state index contributed by atoms with van der Waals surface area (Å²) in [5, 5.41) is 7.85. The molecule has 0 radical (unpaired) electrons. The van der Waals surface area contributed by atoms with Crippen molar-refractivity contribution in [3.8, 4) is 10.6 Å². The van der Waals surface area contributed by atoms with E-state index < -0.39 is 10.0 Å². The predicted molar refractivity (Wildman–Crippen MR) is 142 cm³/mol. The van der Waals surface area contributed by atoms with Crippen molar-refractivity contribution in [2.45, 2.75) is 24.8 Å². The van der Waals surface area contributed by atoms with E-state index in [1.54, 1.807) is 19.1 Å². The number of carbonyl (C=O) groups excluding carboxylic acids is 1. The average molecular weight is 539 g/mol. The monoisotopic (exact) mass is 538 g/mol. The summed E-state index contributed by atoms with van der Waals surface area (Å²) >= 11 is 1.36. The van der Waals surface area contributed by atoms with E-state index in [-0.39, 0.29) is 16.4 Å². The summed E-state index contributed by atoms with van der Waals surface area (Å²) in [5.41, 5.74) is 1.89. The zero-order valence-corrected chi connectivity index (χ0v) is 21.8. The lowest BCUT2D eigenvalue weighted by atomic mass is 10.2. The molecule has 0 saturated carbocycles. The molecule has 37 heavy (non-hydrogen) atoms. The Hall–Kier alpha value is -3.45. The summed E-state index contributed by atoms with van der Waals surface area (Å²) < 4.78 is 29.0. The zero-order chi connectivity index (χ0) is 26.0. The van der Waals surface area contributed by atoms with Crippen molar-refractivity contribution in [3.63, 3.8) is 0 Å². The third-order valence-electron chi connectivity index (χ3n) is 6.13. The minimum atomic E-state index is -3.65. The number of hydrogen-bond acceptors (Lipinski definition) is 8. The van der Waals surface area contributed by atoms with Gasteiger partial charge in [-0.1, -0.05) is 48.6 Å². The van der Waals surface area contributed by atoms with Gasteiger partial charge in [-0.25, -0.2) is 13.4 Å². The fourth-order valence-corrected chi connectivity index (χ4v) is 6.45. The Balaban J connectivity index is 1.24. The maximum atomic E-state index is 13.1. The molecule has 1 saturated heterocycles. The second kappa shape index (κ2) is 10.5. The van der Waals surface area contributed by atoms with Gasteiger partial charge in [0.2, 0.25) is 20.9 Å². The van der Waals surface area contributed by atoms with E-state index in [0.29, 0.717) is 55.5 Å². The van der Waals surface area contributed by atoms with E-state index in [9.17, 15) is 18.0 Å². The number of carbonyl (C=O) groups is 1. The molecule has 1 fully saturated rings. The average Bonchev–Trinajstić information content (AvgIpc) is 3.35. The SMILES string of the molecule is CCC(=O)Nc1ccc(S(=O)(=O)N2CCN(Cc3cc(=O)n4nc(-c5ccccc5)sc4n3)CC2)cc1. The lowest BCUT2D eigenvalue weighted by Crippen LogP contribution is -2.48. The van der Waals surface area contributed by atoms with Crippen LogP contribution in [-0.4, -0.2) is 64.3 Å². The van der Waals surface area contributed by atoms with E-state index in [1.807, 2.05) is 30.3 Å². The highest BCUT2D eigenvalue weighted by Gasteiger charge is 2.28. The quantitative estimate of drug-likeness (QED) is 0.384. The van der Waals surface area contributed by atoms with Crippen molar-refractivity contribution in [1.29, 1.82) is 0 Å². The minimum Gasteiger partial charge on any atom is -0.326 e. The second-order valence-electron chi connectivity index (χ2n) is 8.66. The van der Waals surface area contributed by atoms with Gasteiger partial charge in [0.05, 0.1) is 10.6 Å². The van der Waals surface area contributed by atoms with Crippen molar-refractivity contribution in [3.05, 3.63) is 76.7 Å². The van der Waals surface area contributed by atoms with Gasteiger partial charge in [-0.3, -0.25) is 14.5 Å². The van der Waals surface area contributed by atoms with E-state index in [2.05, 4.69) is 20.3 Å².